The number of benzene rings is 2. The maximum absolute atomic E-state index is 12.0. The molecule has 0 fully saturated rings. The van der Waals surface area contributed by atoms with Crippen molar-refractivity contribution in [3.63, 3.8) is 0 Å². The van der Waals surface area contributed by atoms with Crippen molar-refractivity contribution >= 4 is 46.5 Å². The maximum atomic E-state index is 12.0. The normalized spacial score (nSPS) is 11.5. The lowest BCUT2D eigenvalue weighted by Crippen LogP contribution is -2.31. The van der Waals surface area contributed by atoms with Crippen molar-refractivity contribution in [3.05, 3.63) is 67.7 Å². The molecule has 2 rings (SSSR count). The van der Waals surface area contributed by atoms with Crippen LogP contribution in [-0.2, 0) is 9.53 Å². The number of nitrogens with two attached hydrogens (primary N) is 1. The number of carbonyl (C=O) groups is 2. The number of ether oxygens (including phenoxy) is 1. The summed E-state index contributed by atoms with van der Waals surface area (Å²) in [6, 6.07) is 7.90. The zero-order chi connectivity index (χ0) is 20.1. The van der Waals surface area contributed by atoms with Crippen LogP contribution in [0.2, 0.25) is 10.0 Å². The number of nitrogens with one attached hydrogen (secondary N) is 1. The van der Waals surface area contributed by atoms with Crippen molar-refractivity contribution in [2.45, 2.75) is 13.0 Å². The molecule has 10 heteroatoms. The van der Waals surface area contributed by atoms with E-state index in [0.717, 1.165) is 12.1 Å². The number of halogens is 2. The van der Waals surface area contributed by atoms with Gasteiger partial charge in [-0.1, -0.05) is 29.3 Å². The van der Waals surface area contributed by atoms with Crippen LogP contribution < -0.4 is 11.1 Å². The Hall–Kier alpha value is -2.84. The van der Waals surface area contributed by atoms with Crippen molar-refractivity contribution in [3.8, 4) is 0 Å². The fraction of sp³-hybridized carbons (Fsp3) is 0.176. The summed E-state index contributed by atoms with van der Waals surface area (Å²) >= 11 is 11.8. The fourth-order valence-corrected chi connectivity index (χ4v) is 2.50. The van der Waals surface area contributed by atoms with Gasteiger partial charge >= 0.3 is 5.97 Å². The first-order valence-electron chi connectivity index (χ1n) is 7.64. The van der Waals surface area contributed by atoms with Gasteiger partial charge in [0.05, 0.1) is 26.6 Å². The molecule has 0 radical (unpaired) electrons. The summed E-state index contributed by atoms with van der Waals surface area (Å²) in [4.78, 5) is 34.2. The number of anilines is 1. The first-order valence-corrected chi connectivity index (χ1v) is 8.40. The van der Waals surface area contributed by atoms with E-state index in [2.05, 4.69) is 5.32 Å². The number of nitro benzene ring substituents is 1. The van der Waals surface area contributed by atoms with E-state index in [-0.39, 0.29) is 16.9 Å². The van der Waals surface area contributed by atoms with Crippen LogP contribution in [-0.4, -0.2) is 23.4 Å². The summed E-state index contributed by atoms with van der Waals surface area (Å²) in [7, 11) is 0. The van der Waals surface area contributed by atoms with E-state index in [0.29, 0.717) is 15.6 Å². The van der Waals surface area contributed by atoms with Gasteiger partial charge in [-0.2, -0.15) is 0 Å². The number of rotatable bonds is 6. The van der Waals surface area contributed by atoms with Crippen molar-refractivity contribution in [2.75, 3.05) is 12.3 Å². The van der Waals surface area contributed by atoms with E-state index in [4.69, 9.17) is 33.7 Å². The highest BCUT2D eigenvalue weighted by Crippen LogP contribution is 2.25. The fourth-order valence-electron chi connectivity index (χ4n) is 2.19. The molecule has 8 nitrogen and oxygen atoms in total. The highest BCUT2D eigenvalue weighted by Gasteiger charge is 2.18. The molecule has 2 aromatic carbocycles. The molecule has 0 aromatic heterocycles. The van der Waals surface area contributed by atoms with Crippen LogP contribution in [0.1, 0.15) is 28.9 Å². The molecule has 0 unspecified atom stereocenters. The van der Waals surface area contributed by atoms with Crippen molar-refractivity contribution in [2.24, 2.45) is 0 Å². The number of hydrogen-bond donors (Lipinski definition) is 2. The number of amides is 1. The number of nitrogens with zero attached hydrogens (tertiary/aromatic N) is 1. The molecular weight excluding hydrogens is 397 g/mol. The van der Waals surface area contributed by atoms with Gasteiger partial charge in [-0.25, -0.2) is 4.79 Å². The summed E-state index contributed by atoms with van der Waals surface area (Å²) in [6.07, 6.45) is 0. The Kier molecular flexibility index (Phi) is 6.59. The van der Waals surface area contributed by atoms with Gasteiger partial charge in [0.15, 0.2) is 6.61 Å². The molecule has 0 aliphatic rings. The molecule has 1 amide bonds. The average molecular weight is 412 g/mol. The van der Waals surface area contributed by atoms with Gasteiger partial charge in [-0.15, -0.1) is 0 Å². The van der Waals surface area contributed by atoms with Crippen LogP contribution in [0.25, 0.3) is 0 Å². The molecule has 0 bridgehead atoms. The Balaban J connectivity index is 1.97. The predicted molar refractivity (Wildman–Crippen MR) is 101 cm³/mol. The zero-order valence-electron chi connectivity index (χ0n) is 14.1. The lowest BCUT2D eigenvalue weighted by atomic mass is 10.1. The number of carbonyl (C=O) groups excluding carboxylic acids is 2. The Morgan fingerprint density at radius 1 is 1.22 bits per heavy atom. The van der Waals surface area contributed by atoms with E-state index in [1.807, 2.05) is 0 Å². The lowest BCUT2D eigenvalue weighted by molar-refractivity contribution is -0.384. The van der Waals surface area contributed by atoms with Crippen LogP contribution in [0.15, 0.2) is 36.4 Å². The number of non-ortho nitro benzene ring substituents is 1. The highest BCUT2D eigenvalue weighted by molar-refractivity contribution is 6.42. The minimum atomic E-state index is -0.937. The van der Waals surface area contributed by atoms with Gasteiger partial charge < -0.3 is 15.8 Å². The van der Waals surface area contributed by atoms with Crippen molar-refractivity contribution in [1.29, 1.82) is 0 Å². The molecular formula is C17H15Cl2N3O5. The van der Waals surface area contributed by atoms with E-state index in [1.165, 1.54) is 6.07 Å². The smallest absolute Gasteiger partial charge is 0.341 e. The average Bonchev–Trinajstić information content (AvgIpc) is 2.62. The van der Waals surface area contributed by atoms with E-state index >= 15 is 0 Å². The molecule has 3 N–H and O–H groups in total. The van der Waals surface area contributed by atoms with Gasteiger partial charge in [0.2, 0.25) is 0 Å². The Morgan fingerprint density at radius 3 is 2.56 bits per heavy atom. The molecule has 27 heavy (non-hydrogen) atoms. The van der Waals surface area contributed by atoms with Gasteiger partial charge in [0.25, 0.3) is 11.6 Å². The molecule has 1 atom stereocenters. The third kappa shape index (κ3) is 5.32. The SMILES string of the molecule is C[C@@H](NC(=O)COC(=O)c1cc([N+](=O)[O-])ccc1N)c1ccc(Cl)c(Cl)c1. The Bertz CT molecular complexity index is 904. The molecule has 0 aliphatic carbocycles. The summed E-state index contributed by atoms with van der Waals surface area (Å²) < 4.78 is 4.88. The third-order valence-electron chi connectivity index (χ3n) is 3.62. The Morgan fingerprint density at radius 2 is 1.93 bits per heavy atom. The van der Waals surface area contributed by atoms with Crippen LogP contribution in [0.5, 0.6) is 0 Å². The summed E-state index contributed by atoms with van der Waals surface area (Å²) in [5.74, 6) is -1.50. The molecule has 142 valence electrons. The lowest BCUT2D eigenvalue weighted by Gasteiger charge is -2.15. The largest absolute Gasteiger partial charge is 0.452 e. The molecule has 2 aromatic rings. The molecule has 0 saturated heterocycles. The second kappa shape index (κ2) is 8.70. The van der Waals surface area contributed by atoms with Crippen molar-refractivity contribution < 1.29 is 19.2 Å². The number of hydrogen-bond acceptors (Lipinski definition) is 6. The summed E-state index contributed by atoms with van der Waals surface area (Å²) in [6.45, 7) is 1.14. The second-order valence-corrected chi connectivity index (χ2v) is 6.38. The van der Waals surface area contributed by atoms with Gasteiger partial charge in [0, 0.05) is 17.8 Å². The van der Waals surface area contributed by atoms with Crippen LogP contribution in [0, 0.1) is 10.1 Å². The zero-order valence-corrected chi connectivity index (χ0v) is 15.6. The molecule has 0 saturated carbocycles. The molecule has 0 spiro atoms. The monoisotopic (exact) mass is 411 g/mol. The van der Waals surface area contributed by atoms with Gasteiger partial charge in [-0.3, -0.25) is 14.9 Å². The van der Waals surface area contributed by atoms with Crippen LogP contribution >= 0.6 is 23.2 Å². The van der Waals surface area contributed by atoms with Gasteiger partial charge in [0.1, 0.15) is 0 Å². The maximum Gasteiger partial charge on any atom is 0.341 e. The Labute approximate surface area is 164 Å². The van der Waals surface area contributed by atoms with Crippen molar-refractivity contribution in [1.82, 2.24) is 5.32 Å². The first kappa shape index (κ1) is 20.5. The standard InChI is InChI=1S/C17H15Cl2N3O5/c1-9(10-2-4-13(18)14(19)6-10)21-16(23)8-27-17(24)12-7-11(22(25)26)3-5-15(12)20/h2-7,9H,8,20H2,1H3,(H,21,23)/t9-/m1/s1. The van der Waals surface area contributed by atoms with Gasteiger partial charge in [-0.05, 0) is 30.7 Å². The number of nitro groups is 1. The first-order chi connectivity index (χ1) is 12.7. The molecule has 0 heterocycles. The van der Waals surface area contributed by atoms with Crippen LogP contribution in [0.3, 0.4) is 0 Å². The summed E-state index contributed by atoms with van der Waals surface area (Å²) in [5.41, 5.74) is 5.86. The quantitative estimate of drug-likeness (QED) is 0.324. The summed E-state index contributed by atoms with van der Waals surface area (Å²) in [5, 5.41) is 14.2. The van der Waals surface area contributed by atoms with E-state index in [1.54, 1.807) is 25.1 Å². The number of nitrogen functional groups attached to an aromatic ring is 1. The van der Waals surface area contributed by atoms with E-state index < -0.39 is 29.4 Å². The minimum absolute atomic E-state index is 0.00943. The minimum Gasteiger partial charge on any atom is -0.452 e. The predicted octanol–water partition coefficient (Wildman–Crippen LogP) is 3.52. The van der Waals surface area contributed by atoms with Crippen LogP contribution in [0.4, 0.5) is 11.4 Å². The highest BCUT2D eigenvalue weighted by atomic mass is 35.5. The van der Waals surface area contributed by atoms with E-state index in [9.17, 15) is 19.7 Å². The third-order valence-corrected chi connectivity index (χ3v) is 4.36. The second-order valence-electron chi connectivity index (χ2n) is 5.57. The topological polar surface area (TPSA) is 125 Å². The number of esters is 1. The molecule has 0 aliphatic heterocycles.